The molecular formula is C36H40ClN3O5S. The van der Waals surface area contributed by atoms with Gasteiger partial charge in [0.05, 0.1) is 17.7 Å². The van der Waals surface area contributed by atoms with E-state index in [9.17, 15) is 18.0 Å². The zero-order chi connectivity index (χ0) is 33.3. The zero-order valence-corrected chi connectivity index (χ0v) is 28.1. The first-order chi connectivity index (χ1) is 22.0. The molecule has 0 saturated carbocycles. The second kappa shape index (κ2) is 15.8. The highest BCUT2D eigenvalue weighted by Gasteiger charge is 2.35. The molecule has 0 aliphatic rings. The number of carbonyl (C=O) groups excluding carboxylic acids is 2. The Balaban J connectivity index is 1.83. The maximum absolute atomic E-state index is 14.6. The van der Waals surface area contributed by atoms with Crippen molar-refractivity contribution in [2.75, 3.05) is 24.5 Å². The number of carbonyl (C=O) groups is 2. The molecule has 10 heteroatoms. The zero-order valence-electron chi connectivity index (χ0n) is 26.6. The molecule has 0 aliphatic carbocycles. The van der Waals surface area contributed by atoms with Gasteiger partial charge in [0.2, 0.25) is 11.8 Å². The standard InChI is InChI=1S/C36H40ClN3O5S/c1-5-21-38-36(42)34(23-28-11-7-6-8-12-28)39(24-29-13-9-14-30(22-29)45-4)35(41)25-40(33-16-10-15-32(37)27(33)3)46(43,44)31-19-17-26(2)18-20-31/h6-20,22,34H,5,21,23-25H2,1-4H3,(H,38,42)/t34-/m1/s1. The molecule has 0 heterocycles. The molecule has 0 spiro atoms. The minimum absolute atomic E-state index is 0.0335. The van der Waals surface area contributed by atoms with Crippen molar-refractivity contribution in [3.63, 3.8) is 0 Å². The quantitative estimate of drug-likeness (QED) is 0.171. The minimum atomic E-state index is -4.23. The fourth-order valence-corrected chi connectivity index (χ4v) is 6.75. The van der Waals surface area contributed by atoms with E-state index in [4.69, 9.17) is 16.3 Å². The van der Waals surface area contributed by atoms with Gasteiger partial charge < -0.3 is 15.0 Å². The number of anilines is 1. The number of hydrogen-bond donors (Lipinski definition) is 1. The molecule has 0 unspecified atom stereocenters. The summed E-state index contributed by atoms with van der Waals surface area (Å²) < 4.78 is 35.0. The molecule has 0 bridgehead atoms. The summed E-state index contributed by atoms with van der Waals surface area (Å²) >= 11 is 6.46. The van der Waals surface area contributed by atoms with Crippen molar-refractivity contribution >= 4 is 39.1 Å². The van der Waals surface area contributed by atoms with Gasteiger partial charge >= 0.3 is 0 Å². The summed E-state index contributed by atoms with van der Waals surface area (Å²) in [5.74, 6) is -0.280. The average molecular weight is 662 g/mol. The van der Waals surface area contributed by atoms with Crippen LogP contribution in [0.3, 0.4) is 0 Å². The SMILES string of the molecule is CCCNC(=O)[C@@H](Cc1ccccc1)N(Cc1cccc(OC)c1)C(=O)CN(c1cccc(Cl)c1C)S(=O)(=O)c1ccc(C)cc1. The predicted octanol–water partition coefficient (Wildman–Crippen LogP) is 6.33. The van der Waals surface area contributed by atoms with Crippen LogP contribution in [0.2, 0.25) is 5.02 Å². The number of nitrogens with zero attached hydrogens (tertiary/aromatic N) is 2. The van der Waals surface area contributed by atoms with Gasteiger partial charge in [0.15, 0.2) is 0 Å². The molecule has 0 fully saturated rings. The number of methoxy groups -OCH3 is 1. The van der Waals surface area contributed by atoms with Crippen LogP contribution in [-0.4, -0.2) is 51.4 Å². The van der Waals surface area contributed by atoms with Crippen molar-refractivity contribution in [1.29, 1.82) is 0 Å². The van der Waals surface area contributed by atoms with Crippen LogP contribution in [-0.2, 0) is 32.6 Å². The van der Waals surface area contributed by atoms with Crippen LogP contribution in [0, 0.1) is 13.8 Å². The lowest BCUT2D eigenvalue weighted by Gasteiger charge is -2.34. The largest absolute Gasteiger partial charge is 0.497 e. The van der Waals surface area contributed by atoms with Gasteiger partial charge in [-0.1, -0.05) is 84.8 Å². The smallest absolute Gasteiger partial charge is 0.264 e. The van der Waals surface area contributed by atoms with Gasteiger partial charge in [0, 0.05) is 24.5 Å². The normalized spacial score (nSPS) is 11.8. The maximum Gasteiger partial charge on any atom is 0.264 e. The first-order valence-corrected chi connectivity index (χ1v) is 17.0. The van der Waals surface area contributed by atoms with Crippen molar-refractivity contribution in [2.45, 2.75) is 51.1 Å². The molecule has 1 N–H and O–H groups in total. The van der Waals surface area contributed by atoms with E-state index >= 15 is 0 Å². The number of amides is 2. The molecule has 0 aromatic heterocycles. The van der Waals surface area contributed by atoms with Crippen LogP contribution in [0.1, 0.15) is 35.6 Å². The van der Waals surface area contributed by atoms with E-state index < -0.39 is 28.5 Å². The monoisotopic (exact) mass is 661 g/mol. The van der Waals surface area contributed by atoms with Crippen molar-refractivity contribution in [1.82, 2.24) is 10.2 Å². The van der Waals surface area contributed by atoms with Gasteiger partial charge in [-0.15, -0.1) is 0 Å². The van der Waals surface area contributed by atoms with Crippen LogP contribution in [0.15, 0.2) is 102 Å². The highest BCUT2D eigenvalue weighted by atomic mass is 35.5. The molecule has 8 nitrogen and oxygen atoms in total. The van der Waals surface area contributed by atoms with E-state index in [1.165, 1.54) is 17.0 Å². The lowest BCUT2D eigenvalue weighted by molar-refractivity contribution is -0.140. The van der Waals surface area contributed by atoms with E-state index in [-0.39, 0.29) is 29.5 Å². The number of nitrogens with one attached hydrogen (secondary N) is 1. The molecule has 4 rings (SSSR count). The third-order valence-electron chi connectivity index (χ3n) is 7.70. The Bertz CT molecular complexity index is 1750. The summed E-state index contributed by atoms with van der Waals surface area (Å²) in [5.41, 5.74) is 3.26. The third-order valence-corrected chi connectivity index (χ3v) is 9.89. The first-order valence-electron chi connectivity index (χ1n) is 15.1. The van der Waals surface area contributed by atoms with Crippen LogP contribution >= 0.6 is 11.6 Å². The molecule has 0 aliphatic heterocycles. The Hall–Kier alpha value is -4.34. The Kier molecular flexibility index (Phi) is 11.8. The Morgan fingerprint density at radius 3 is 2.24 bits per heavy atom. The summed E-state index contributed by atoms with van der Waals surface area (Å²) in [6.45, 7) is 5.44. The van der Waals surface area contributed by atoms with Crippen molar-refractivity contribution < 1.29 is 22.7 Å². The molecule has 0 saturated heterocycles. The number of benzene rings is 4. The maximum atomic E-state index is 14.6. The third kappa shape index (κ3) is 8.47. The van der Waals surface area contributed by atoms with Crippen LogP contribution in [0.5, 0.6) is 5.75 Å². The van der Waals surface area contributed by atoms with Gasteiger partial charge in [0.25, 0.3) is 10.0 Å². The Morgan fingerprint density at radius 2 is 1.57 bits per heavy atom. The number of aryl methyl sites for hydroxylation is 1. The van der Waals surface area contributed by atoms with E-state index in [2.05, 4.69) is 5.32 Å². The number of rotatable bonds is 14. The predicted molar refractivity (Wildman–Crippen MR) is 183 cm³/mol. The summed E-state index contributed by atoms with van der Waals surface area (Å²) in [6.07, 6.45) is 0.942. The fourth-order valence-electron chi connectivity index (χ4n) is 5.10. The number of halogens is 1. The minimum Gasteiger partial charge on any atom is -0.497 e. The van der Waals surface area contributed by atoms with Crippen molar-refractivity contribution in [3.8, 4) is 5.75 Å². The second-order valence-electron chi connectivity index (χ2n) is 11.1. The fraction of sp³-hybridized carbons (Fsp3) is 0.278. The molecular weight excluding hydrogens is 622 g/mol. The Labute approximate surface area is 277 Å². The second-order valence-corrected chi connectivity index (χ2v) is 13.3. The van der Waals surface area contributed by atoms with Gasteiger partial charge in [-0.25, -0.2) is 8.42 Å². The Morgan fingerprint density at radius 1 is 0.891 bits per heavy atom. The molecule has 0 radical (unpaired) electrons. The van der Waals surface area contributed by atoms with Gasteiger partial charge in [-0.05, 0) is 73.4 Å². The topological polar surface area (TPSA) is 96.0 Å². The molecule has 4 aromatic rings. The number of ether oxygens (including phenoxy) is 1. The summed E-state index contributed by atoms with van der Waals surface area (Å²) in [5, 5.41) is 3.32. The number of hydrogen-bond acceptors (Lipinski definition) is 5. The highest BCUT2D eigenvalue weighted by Crippen LogP contribution is 2.31. The van der Waals surface area contributed by atoms with E-state index in [0.717, 1.165) is 21.0 Å². The lowest BCUT2D eigenvalue weighted by atomic mass is 10.0. The van der Waals surface area contributed by atoms with Gasteiger partial charge in [-0.3, -0.25) is 13.9 Å². The van der Waals surface area contributed by atoms with Gasteiger partial charge in [0.1, 0.15) is 18.3 Å². The van der Waals surface area contributed by atoms with Crippen LogP contribution < -0.4 is 14.4 Å². The van der Waals surface area contributed by atoms with E-state index in [1.807, 2.05) is 56.3 Å². The van der Waals surface area contributed by atoms with Crippen molar-refractivity contribution in [2.24, 2.45) is 0 Å². The molecule has 242 valence electrons. The average Bonchev–Trinajstić information content (AvgIpc) is 3.06. The molecule has 4 aromatic carbocycles. The summed E-state index contributed by atoms with van der Waals surface area (Å²) in [6, 6.07) is 27.2. The van der Waals surface area contributed by atoms with E-state index in [0.29, 0.717) is 29.3 Å². The molecule has 1 atom stereocenters. The molecule has 2 amide bonds. The van der Waals surface area contributed by atoms with Crippen LogP contribution in [0.4, 0.5) is 5.69 Å². The van der Waals surface area contributed by atoms with Crippen molar-refractivity contribution in [3.05, 3.63) is 124 Å². The summed E-state index contributed by atoms with van der Waals surface area (Å²) in [4.78, 5) is 29.9. The van der Waals surface area contributed by atoms with E-state index in [1.54, 1.807) is 56.5 Å². The number of sulfonamides is 1. The molecule has 46 heavy (non-hydrogen) atoms. The summed E-state index contributed by atoms with van der Waals surface area (Å²) in [7, 11) is -2.68. The van der Waals surface area contributed by atoms with Gasteiger partial charge in [-0.2, -0.15) is 0 Å². The first kappa shape index (κ1) is 34.5. The van der Waals surface area contributed by atoms with Crippen LogP contribution in [0.25, 0.3) is 0 Å². The highest BCUT2D eigenvalue weighted by molar-refractivity contribution is 7.92. The lowest BCUT2D eigenvalue weighted by Crippen LogP contribution is -2.53.